The maximum Gasteiger partial charge on any atom is 0.237 e. The van der Waals surface area contributed by atoms with Crippen molar-refractivity contribution < 1.29 is 13.2 Å². The third-order valence-corrected chi connectivity index (χ3v) is 7.51. The minimum atomic E-state index is -2.99. The monoisotopic (exact) mass is 378 g/mol. The van der Waals surface area contributed by atoms with Gasteiger partial charge < -0.3 is 4.90 Å². The van der Waals surface area contributed by atoms with E-state index >= 15 is 0 Å². The molecule has 1 saturated carbocycles. The molecule has 1 heterocycles. The highest BCUT2D eigenvalue weighted by atomic mass is 32.2. The van der Waals surface area contributed by atoms with Gasteiger partial charge in [-0.2, -0.15) is 0 Å². The van der Waals surface area contributed by atoms with Crippen LogP contribution in [0.3, 0.4) is 0 Å². The molecule has 3 rings (SSSR count). The minimum absolute atomic E-state index is 0.0537. The summed E-state index contributed by atoms with van der Waals surface area (Å²) in [7, 11) is -2.99. The molecule has 26 heavy (non-hydrogen) atoms. The Bertz CT molecular complexity index is 716. The van der Waals surface area contributed by atoms with Gasteiger partial charge in [0, 0.05) is 25.2 Å². The van der Waals surface area contributed by atoms with E-state index in [1.54, 1.807) is 4.90 Å². The van der Waals surface area contributed by atoms with Crippen LogP contribution in [0.4, 0.5) is 0 Å². The number of benzene rings is 1. The molecular formula is C20H30N2O3S. The first kappa shape index (κ1) is 19.4. The topological polar surface area (TPSA) is 57.7 Å². The number of rotatable bonds is 8. The van der Waals surface area contributed by atoms with E-state index in [2.05, 4.69) is 24.0 Å². The van der Waals surface area contributed by atoms with Crippen LogP contribution in [0, 0.1) is 5.92 Å². The largest absolute Gasteiger partial charge is 0.338 e. The number of carbonyl (C=O) groups is 1. The fourth-order valence-corrected chi connectivity index (χ4v) is 5.69. The molecule has 2 atom stereocenters. The molecule has 1 aromatic rings. The lowest BCUT2D eigenvalue weighted by molar-refractivity contribution is -0.134. The van der Waals surface area contributed by atoms with Crippen LogP contribution in [-0.4, -0.2) is 60.8 Å². The van der Waals surface area contributed by atoms with Gasteiger partial charge in [0.15, 0.2) is 9.84 Å². The summed E-state index contributed by atoms with van der Waals surface area (Å²) in [6.07, 6.45) is 3.04. The van der Waals surface area contributed by atoms with E-state index < -0.39 is 9.84 Å². The predicted octanol–water partition coefficient (Wildman–Crippen LogP) is 2.32. The number of sulfone groups is 1. The van der Waals surface area contributed by atoms with Crippen molar-refractivity contribution in [3.05, 3.63) is 35.9 Å². The summed E-state index contributed by atoms with van der Waals surface area (Å²) >= 11 is 0. The van der Waals surface area contributed by atoms with E-state index in [9.17, 15) is 13.2 Å². The van der Waals surface area contributed by atoms with Crippen molar-refractivity contribution in [2.75, 3.05) is 24.6 Å². The molecule has 1 aromatic carbocycles. The maximum absolute atomic E-state index is 13.0. The van der Waals surface area contributed by atoms with Gasteiger partial charge in [-0.15, -0.1) is 0 Å². The number of amides is 1. The third kappa shape index (κ3) is 4.86. The normalized spacial score (nSPS) is 23.1. The van der Waals surface area contributed by atoms with Crippen molar-refractivity contribution in [2.45, 2.75) is 51.7 Å². The van der Waals surface area contributed by atoms with Gasteiger partial charge in [0.25, 0.3) is 0 Å². The van der Waals surface area contributed by atoms with Crippen LogP contribution in [0.15, 0.2) is 30.3 Å². The quantitative estimate of drug-likeness (QED) is 0.697. The van der Waals surface area contributed by atoms with E-state index in [4.69, 9.17) is 0 Å². The van der Waals surface area contributed by atoms with Gasteiger partial charge in [-0.3, -0.25) is 9.69 Å². The zero-order valence-electron chi connectivity index (χ0n) is 15.8. The molecule has 1 aliphatic heterocycles. The third-order valence-electron chi connectivity index (χ3n) is 5.76. The molecule has 1 amide bonds. The SMILES string of the molecule is CCN(C(=O)CN(Cc1ccccc1)C(C)C1CC1)C1CCS(=O)(=O)C1. The molecule has 2 unspecified atom stereocenters. The lowest BCUT2D eigenvalue weighted by Crippen LogP contribution is -2.48. The molecule has 2 aliphatic rings. The zero-order chi connectivity index (χ0) is 18.7. The Hall–Kier alpha value is -1.40. The molecule has 1 aliphatic carbocycles. The summed E-state index contributed by atoms with van der Waals surface area (Å²) in [5, 5.41) is 0. The van der Waals surface area contributed by atoms with Crippen molar-refractivity contribution in [3.8, 4) is 0 Å². The van der Waals surface area contributed by atoms with Crippen LogP contribution >= 0.6 is 0 Å². The molecule has 0 N–H and O–H groups in total. The number of hydrogen-bond acceptors (Lipinski definition) is 4. The van der Waals surface area contributed by atoms with Crippen LogP contribution in [-0.2, 0) is 21.2 Å². The highest BCUT2D eigenvalue weighted by molar-refractivity contribution is 7.91. The molecule has 2 fully saturated rings. The molecule has 1 saturated heterocycles. The van der Waals surface area contributed by atoms with Gasteiger partial charge in [0.1, 0.15) is 0 Å². The molecular weight excluding hydrogens is 348 g/mol. The molecule has 6 heteroatoms. The molecule has 144 valence electrons. The van der Waals surface area contributed by atoms with Gasteiger partial charge in [-0.25, -0.2) is 8.42 Å². The highest BCUT2D eigenvalue weighted by Crippen LogP contribution is 2.35. The van der Waals surface area contributed by atoms with Crippen molar-refractivity contribution >= 4 is 15.7 Å². The van der Waals surface area contributed by atoms with E-state index in [1.165, 1.54) is 18.4 Å². The van der Waals surface area contributed by atoms with Crippen LogP contribution < -0.4 is 0 Å². The Morgan fingerprint density at radius 1 is 1.19 bits per heavy atom. The maximum atomic E-state index is 13.0. The summed E-state index contributed by atoms with van der Waals surface area (Å²) < 4.78 is 23.6. The van der Waals surface area contributed by atoms with Crippen molar-refractivity contribution in [3.63, 3.8) is 0 Å². The second-order valence-corrected chi connectivity index (χ2v) is 9.93. The first-order valence-electron chi connectivity index (χ1n) is 9.67. The highest BCUT2D eigenvalue weighted by Gasteiger charge is 2.36. The van der Waals surface area contributed by atoms with Crippen LogP contribution in [0.25, 0.3) is 0 Å². The fraction of sp³-hybridized carbons (Fsp3) is 0.650. The van der Waals surface area contributed by atoms with Crippen LogP contribution in [0.5, 0.6) is 0 Å². The van der Waals surface area contributed by atoms with Gasteiger partial charge >= 0.3 is 0 Å². The molecule has 0 spiro atoms. The lowest BCUT2D eigenvalue weighted by Gasteiger charge is -2.33. The van der Waals surface area contributed by atoms with E-state index in [0.717, 1.165) is 6.54 Å². The second kappa shape index (κ2) is 8.09. The Morgan fingerprint density at radius 3 is 2.42 bits per heavy atom. The molecule has 5 nitrogen and oxygen atoms in total. The zero-order valence-corrected chi connectivity index (χ0v) is 16.6. The molecule has 0 radical (unpaired) electrons. The summed E-state index contributed by atoms with van der Waals surface area (Å²) in [5.74, 6) is 1.04. The van der Waals surface area contributed by atoms with E-state index in [-0.39, 0.29) is 23.5 Å². The number of likely N-dealkylation sites (N-methyl/N-ethyl adjacent to an activating group) is 1. The van der Waals surface area contributed by atoms with Gasteiger partial charge in [0.2, 0.25) is 5.91 Å². The molecule has 0 bridgehead atoms. The lowest BCUT2D eigenvalue weighted by atomic mass is 10.1. The second-order valence-electron chi connectivity index (χ2n) is 7.71. The van der Waals surface area contributed by atoms with E-state index in [1.807, 2.05) is 25.1 Å². The Balaban J connectivity index is 1.69. The van der Waals surface area contributed by atoms with Crippen molar-refractivity contribution in [2.24, 2.45) is 5.92 Å². The first-order chi connectivity index (χ1) is 12.4. The predicted molar refractivity (Wildman–Crippen MR) is 103 cm³/mol. The fourth-order valence-electron chi connectivity index (χ4n) is 3.96. The Kier molecular flexibility index (Phi) is 6.03. The van der Waals surface area contributed by atoms with Crippen LogP contribution in [0.2, 0.25) is 0 Å². The standard InChI is InChI=1S/C20H30N2O3S/c1-3-22(19-11-12-26(24,25)15-19)20(23)14-21(16(2)18-9-10-18)13-17-7-5-4-6-8-17/h4-8,16,18-19H,3,9-15H2,1-2H3. The molecule has 0 aromatic heterocycles. The Labute approximate surface area is 157 Å². The van der Waals surface area contributed by atoms with Gasteiger partial charge in [-0.1, -0.05) is 30.3 Å². The smallest absolute Gasteiger partial charge is 0.237 e. The number of nitrogens with zero attached hydrogens (tertiary/aromatic N) is 2. The summed E-state index contributed by atoms with van der Waals surface area (Å²) in [5.41, 5.74) is 1.21. The average Bonchev–Trinajstić information content (AvgIpc) is 3.39. The number of carbonyl (C=O) groups excluding carboxylic acids is 1. The van der Waals surface area contributed by atoms with Crippen molar-refractivity contribution in [1.29, 1.82) is 0 Å². The Morgan fingerprint density at radius 2 is 1.88 bits per heavy atom. The summed E-state index contributed by atoms with van der Waals surface area (Å²) in [6, 6.07) is 10.5. The van der Waals surface area contributed by atoms with Gasteiger partial charge in [-0.05, 0) is 44.6 Å². The average molecular weight is 379 g/mol. The number of hydrogen-bond donors (Lipinski definition) is 0. The van der Waals surface area contributed by atoms with Gasteiger partial charge in [0.05, 0.1) is 18.1 Å². The first-order valence-corrected chi connectivity index (χ1v) is 11.5. The van der Waals surface area contributed by atoms with E-state index in [0.29, 0.717) is 31.5 Å². The van der Waals surface area contributed by atoms with Crippen molar-refractivity contribution in [1.82, 2.24) is 9.80 Å². The van der Waals surface area contributed by atoms with Crippen LogP contribution in [0.1, 0.15) is 38.7 Å². The minimum Gasteiger partial charge on any atom is -0.338 e. The summed E-state index contributed by atoms with van der Waals surface area (Å²) in [6.45, 7) is 5.83. The summed E-state index contributed by atoms with van der Waals surface area (Å²) in [4.78, 5) is 17.1.